The largest absolute Gasteiger partial charge is 0.396 e. The molecular formula is C11H22N2O2. The van der Waals surface area contributed by atoms with E-state index in [1.165, 1.54) is 0 Å². The first kappa shape index (κ1) is 12.5. The van der Waals surface area contributed by atoms with Crippen LogP contribution in [-0.2, 0) is 4.79 Å². The van der Waals surface area contributed by atoms with Crippen molar-refractivity contribution in [3.63, 3.8) is 0 Å². The lowest BCUT2D eigenvalue weighted by Gasteiger charge is -2.30. The molecule has 3 N–H and O–H groups in total. The lowest BCUT2D eigenvalue weighted by molar-refractivity contribution is -0.125. The van der Waals surface area contributed by atoms with Gasteiger partial charge in [-0.05, 0) is 39.7 Å². The summed E-state index contributed by atoms with van der Waals surface area (Å²) in [6.07, 6.45) is 3.78. The molecule has 1 atom stereocenters. The number of hydrogen-bond acceptors (Lipinski definition) is 3. The molecule has 1 heterocycles. The zero-order valence-corrected chi connectivity index (χ0v) is 9.68. The number of nitrogens with one attached hydrogen (secondary N) is 2. The van der Waals surface area contributed by atoms with Crippen molar-refractivity contribution < 1.29 is 9.90 Å². The SMILES string of the molecule is CC(C)(CCO)NC(=O)[C@@H]1CCCCN1. The van der Waals surface area contributed by atoms with Crippen LogP contribution in [0.25, 0.3) is 0 Å². The molecule has 0 saturated carbocycles. The van der Waals surface area contributed by atoms with Gasteiger partial charge in [0.1, 0.15) is 0 Å². The van der Waals surface area contributed by atoms with Crippen molar-refractivity contribution in [2.24, 2.45) is 0 Å². The lowest BCUT2D eigenvalue weighted by Crippen LogP contribution is -2.53. The average Bonchev–Trinajstić information content (AvgIpc) is 2.18. The Morgan fingerprint density at radius 1 is 1.53 bits per heavy atom. The second-order valence-corrected chi connectivity index (χ2v) is 4.85. The summed E-state index contributed by atoms with van der Waals surface area (Å²) in [4.78, 5) is 11.8. The Kier molecular flexibility index (Phi) is 4.54. The molecule has 0 aromatic heterocycles. The highest BCUT2D eigenvalue weighted by Crippen LogP contribution is 2.11. The molecule has 0 aromatic rings. The molecule has 1 rings (SSSR count). The molecule has 0 aromatic carbocycles. The van der Waals surface area contributed by atoms with Gasteiger partial charge in [-0.15, -0.1) is 0 Å². The number of amides is 1. The van der Waals surface area contributed by atoms with Crippen LogP contribution in [0.2, 0.25) is 0 Å². The number of carbonyl (C=O) groups is 1. The maximum Gasteiger partial charge on any atom is 0.237 e. The number of aliphatic hydroxyl groups is 1. The van der Waals surface area contributed by atoms with Crippen LogP contribution in [0.1, 0.15) is 39.5 Å². The minimum absolute atomic E-state index is 0.0447. The van der Waals surface area contributed by atoms with Gasteiger partial charge in [0.2, 0.25) is 5.91 Å². The molecule has 0 aliphatic carbocycles. The summed E-state index contributed by atoms with van der Waals surface area (Å²) < 4.78 is 0. The zero-order valence-electron chi connectivity index (χ0n) is 9.68. The molecule has 15 heavy (non-hydrogen) atoms. The van der Waals surface area contributed by atoms with Crippen molar-refractivity contribution in [2.45, 2.75) is 51.1 Å². The molecule has 0 radical (unpaired) electrons. The maximum absolute atomic E-state index is 11.8. The molecule has 1 fully saturated rings. The van der Waals surface area contributed by atoms with Crippen LogP contribution in [0.4, 0.5) is 0 Å². The maximum atomic E-state index is 11.8. The van der Waals surface area contributed by atoms with Gasteiger partial charge < -0.3 is 15.7 Å². The van der Waals surface area contributed by atoms with Crippen molar-refractivity contribution in [2.75, 3.05) is 13.2 Å². The van der Waals surface area contributed by atoms with Gasteiger partial charge >= 0.3 is 0 Å². The fourth-order valence-electron chi connectivity index (χ4n) is 1.84. The van der Waals surface area contributed by atoms with E-state index >= 15 is 0 Å². The molecule has 0 unspecified atom stereocenters. The Hall–Kier alpha value is -0.610. The van der Waals surface area contributed by atoms with Crippen molar-refractivity contribution in [3.05, 3.63) is 0 Å². The van der Waals surface area contributed by atoms with Crippen molar-refractivity contribution in [1.82, 2.24) is 10.6 Å². The Bertz CT molecular complexity index is 211. The first-order chi connectivity index (χ1) is 7.05. The number of carbonyl (C=O) groups excluding carboxylic acids is 1. The number of piperidine rings is 1. The standard InChI is InChI=1S/C11H22N2O2/c1-11(2,6-8-14)13-10(15)9-5-3-4-7-12-9/h9,12,14H,3-8H2,1-2H3,(H,13,15)/t9-/m0/s1. The van der Waals surface area contributed by atoms with E-state index in [9.17, 15) is 4.79 Å². The van der Waals surface area contributed by atoms with E-state index in [4.69, 9.17) is 5.11 Å². The predicted molar refractivity (Wildman–Crippen MR) is 59.6 cm³/mol. The fraction of sp³-hybridized carbons (Fsp3) is 0.909. The van der Waals surface area contributed by atoms with Gasteiger partial charge in [0, 0.05) is 12.1 Å². The monoisotopic (exact) mass is 214 g/mol. The topological polar surface area (TPSA) is 61.4 Å². The van der Waals surface area contributed by atoms with Gasteiger partial charge in [-0.25, -0.2) is 0 Å². The average molecular weight is 214 g/mol. The number of hydrogen-bond donors (Lipinski definition) is 3. The second-order valence-electron chi connectivity index (χ2n) is 4.85. The fourth-order valence-corrected chi connectivity index (χ4v) is 1.84. The molecule has 0 bridgehead atoms. The number of rotatable bonds is 4. The van der Waals surface area contributed by atoms with Gasteiger partial charge in [-0.1, -0.05) is 6.42 Å². The molecular weight excluding hydrogens is 192 g/mol. The van der Waals surface area contributed by atoms with Crippen LogP contribution in [0.3, 0.4) is 0 Å². The quantitative estimate of drug-likeness (QED) is 0.635. The Balaban J connectivity index is 2.39. The number of aliphatic hydroxyl groups excluding tert-OH is 1. The van der Waals surface area contributed by atoms with E-state index < -0.39 is 0 Å². The van der Waals surface area contributed by atoms with Gasteiger partial charge in [-0.2, -0.15) is 0 Å². The highest BCUT2D eigenvalue weighted by Gasteiger charge is 2.26. The van der Waals surface area contributed by atoms with Crippen LogP contribution in [0.5, 0.6) is 0 Å². The van der Waals surface area contributed by atoms with Crippen molar-refractivity contribution in [1.29, 1.82) is 0 Å². The van der Waals surface area contributed by atoms with Crippen LogP contribution in [-0.4, -0.2) is 35.7 Å². The predicted octanol–water partition coefficient (Wildman–Crippen LogP) is 0.406. The molecule has 1 amide bonds. The summed E-state index contributed by atoms with van der Waals surface area (Å²) in [5.41, 5.74) is -0.315. The molecule has 1 aliphatic rings. The van der Waals surface area contributed by atoms with E-state index in [-0.39, 0.29) is 24.1 Å². The molecule has 4 nitrogen and oxygen atoms in total. The Morgan fingerprint density at radius 3 is 2.80 bits per heavy atom. The van der Waals surface area contributed by atoms with Crippen molar-refractivity contribution >= 4 is 5.91 Å². The minimum atomic E-state index is -0.315. The first-order valence-corrected chi connectivity index (χ1v) is 5.71. The normalized spacial score (nSPS) is 22.5. The van der Waals surface area contributed by atoms with Crippen LogP contribution in [0.15, 0.2) is 0 Å². The van der Waals surface area contributed by atoms with Gasteiger partial charge in [0.15, 0.2) is 0 Å². The third kappa shape index (κ3) is 4.18. The Morgan fingerprint density at radius 2 is 2.27 bits per heavy atom. The zero-order chi connectivity index (χ0) is 11.3. The molecule has 0 spiro atoms. The summed E-state index contributed by atoms with van der Waals surface area (Å²) in [6, 6.07) is -0.0447. The summed E-state index contributed by atoms with van der Waals surface area (Å²) >= 11 is 0. The molecule has 1 saturated heterocycles. The Labute approximate surface area is 91.4 Å². The second kappa shape index (κ2) is 5.47. The molecule has 4 heteroatoms. The third-order valence-electron chi connectivity index (χ3n) is 2.83. The van der Waals surface area contributed by atoms with E-state index in [1.807, 2.05) is 13.8 Å². The van der Waals surface area contributed by atoms with Crippen LogP contribution >= 0.6 is 0 Å². The summed E-state index contributed by atoms with van der Waals surface area (Å²) in [5, 5.41) is 15.0. The first-order valence-electron chi connectivity index (χ1n) is 5.71. The van der Waals surface area contributed by atoms with E-state index in [0.29, 0.717) is 6.42 Å². The molecule has 1 aliphatic heterocycles. The van der Waals surface area contributed by atoms with Crippen molar-refractivity contribution in [3.8, 4) is 0 Å². The van der Waals surface area contributed by atoms with E-state index in [0.717, 1.165) is 25.8 Å². The van der Waals surface area contributed by atoms with Crippen LogP contribution < -0.4 is 10.6 Å². The van der Waals surface area contributed by atoms with Gasteiger partial charge in [-0.3, -0.25) is 4.79 Å². The molecule has 88 valence electrons. The highest BCUT2D eigenvalue weighted by molar-refractivity contribution is 5.82. The van der Waals surface area contributed by atoms with Crippen LogP contribution in [0, 0.1) is 0 Å². The minimum Gasteiger partial charge on any atom is -0.396 e. The lowest BCUT2D eigenvalue weighted by atomic mass is 9.98. The summed E-state index contributed by atoms with van der Waals surface area (Å²) in [6.45, 7) is 4.90. The van der Waals surface area contributed by atoms with Gasteiger partial charge in [0.05, 0.1) is 6.04 Å². The van der Waals surface area contributed by atoms with E-state index in [1.54, 1.807) is 0 Å². The summed E-state index contributed by atoms with van der Waals surface area (Å²) in [7, 11) is 0. The van der Waals surface area contributed by atoms with Gasteiger partial charge in [0.25, 0.3) is 0 Å². The summed E-state index contributed by atoms with van der Waals surface area (Å²) in [5.74, 6) is 0.0631. The smallest absolute Gasteiger partial charge is 0.237 e. The van der Waals surface area contributed by atoms with E-state index in [2.05, 4.69) is 10.6 Å². The highest BCUT2D eigenvalue weighted by atomic mass is 16.3. The third-order valence-corrected chi connectivity index (χ3v) is 2.83.